The van der Waals surface area contributed by atoms with Crippen LogP contribution in [0.2, 0.25) is 0 Å². The number of benzene rings is 1. The molecule has 1 rings (SSSR count). The van der Waals surface area contributed by atoms with Crippen LogP contribution in [0.3, 0.4) is 0 Å². The average Bonchev–Trinajstić information content (AvgIpc) is 2.36. The van der Waals surface area contributed by atoms with Crippen LogP contribution in [0.5, 0.6) is 0 Å². The van der Waals surface area contributed by atoms with Gasteiger partial charge in [-0.3, -0.25) is 0 Å². The molecule has 90 valence electrons. The summed E-state index contributed by atoms with van der Waals surface area (Å²) >= 11 is 2.23. The standard InChI is InChI=1S/C13H19IO2/c1-11(13(14,15-2)16-3)9-10-12-7-5-4-6-8-12/h4-8,11H,9-10H2,1-3H3. The van der Waals surface area contributed by atoms with Crippen LogP contribution in [0, 0.1) is 5.92 Å². The predicted octanol–water partition coefficient (Wildman–Crippen LogP) is 3.64. The van der Waals surface area contributed by atoms with E-state index in [0.717, 1.165) is 12.8 Å². The first-order valence-corrected chi connectivity index (χ1v) is 6.53. The minimum Gasteiger partial charge on any atom is -0.345 e. The molecule has 0 bridgehead atoms. The van der Waals surface area contributed by atoms with Gasteiger partial charge < -0.3 is 9.47 Å². The monoisotopic (exact) mass is 334 g/mol. The summed E-state index contributed by atoms with van der Waals surface area (Å²) < 4.78 is 10.3. The van der Waals surface area contributed by atoms with Gasteiger partial charge in [0.2, 0.25) is 3.79 Å². The molecule has 1 unspecified atom stereocenters. The second-order valence-corrected chi connectivity index (χ2v) is 5.42. The molecule has 0 fully saturated rings. The van der Waals surface area contributed by atoms with Crippen LogP contribution in [-0.2, 0) is 15.9 Å². The van der Waals surface area contributed by atoms with E-state index >= 15 is 0 Å². The lowest BCUT2D eigenvalue weighted by Crippen LogP contribution is -2.34. The molecule has 0 aliphatic heterocycles. The van der Waals surface area contributed by atoms with E-state index in [0.29, 0.717) is 5.92 Å². The molecular weight excluding hydrogens is 315 g/mol. The summed E-state index contributed by atoms with van der Waals surface area (Å²) in [6.45, 7) is 2.16. The molecule has 0 aliphatic carbocycles. The van der Waals surface area contributed by atoms with Crippen molar-refractivity contribution in [3.8, 4) is 0 Å². The second-order valence-electron chi connectivity index (χ2n) is 3.92. The van der Waals surface area contributed by atoms with Crippen molar-refractivity contribution in [3.63, 3.8) is 0 Å². The van der Waals surface area contributed by atoms with E-state index in [4.69, 9.17) is 9.47 Å². The average molecular weight is 334 g/mol. The first-order chi connectivity index (χ1) is 7.62. The first kappa shape index (κ1) is 13.9. The SMILES string of the molecule is COC(I)(OC)C(C)CCc1ccccc1. The summed E-state index contributed by atoms with van der Waals surface area (Å²) in [6, 6.07) is 10.5. The molecule has 0 amide bonds. The highest BCUT2D eigenvalue weighted by molar-refractivity contribution is 14.1. The van der Waals surface area contributed by atoms with Crippen LogP contribution in [0.1, 0.15) is 18.9 Å². The Labute approximate surface area is 111 Å². The van der Waals surface area contributed by atoms with Gasteiger partial charge in [-0.1, -0.05) is 37.3 Å². The Kier molecular flexibility index (Phi) is 5.72. The van der Waals surface area contributed by atoms with E-state index < -0.39 is 3.79 Å². The number of alkyl halides is 1. The van der Waals surface area contributed by atoms with Crippen LogP contribution in [-0.4, -0.2) is 18.0 Å². The fraction of sp³-hybridized carbons (Fsp3) is 0.538. The van der Waals surface area contributed by atoms with E-state index in [1.54, 1.807) is 14.2 Å². The molecule has 0 heterocycles. The number of ether oxygens (including phenoxy) is 2. The molecular formula is C13H19IO2. The Bertz CT molecular complexity index is 296. The lowest BCUT2D eigenvalue weighted by molar-refractivity contribution is -0.150. The van der Waals surface area contributed by atoms with Gasteiger partial charge >= 0.3 is 0 Å². The van der Waals surface area contributed by atoms with Gasteiger partial charge in [0.25, 0.3) is 0 Å². The van der Waals surface area contributed by atoms with E-state index in [1.807, 2.05) is 6.07 Å². The second kappa shape index (κ2) is 6.57. The Morgan fingerprint density at radius 2 is 1.75 bits per heavy atom. The van der Waals surface area contributed by atoms with Crippen molar-refractivity contribution in [2.24, 2.45) is 5.92 Å². The maximum absolute atomic E-state index is 5.40. The number of hydrogen-bond donors (Lipinski definition) is 0. The Hall–Kier alpha value is -0.130. The summed E-state index contributed by atoms with van der Waals surface area (Å²) in [5, 5.41) is 0. The van der Waals surface area contributed by atoms with Crippen molar-refractivity contribution in [1.82, 2.24) is 0 Å². The highest BCUT2D eigenvalue weighted by Gasteiger charge is 2.32. The van der Waals surface area contributed by atoms with Crippen molar-refractivity contribution >= 4 is 22.6 Å². The van der Waals surface area contributed by atoms with E-state index in [-0.39, 0.29) is 0 Å². The zero-order chi connectivity index (χ0) is 12.0. The van der Waals surface area contributed by atoms with E-state index in [2.05, 4.69) is 53.8 Å². The minimum absolute atomic E-state index is 0.350. The van der Waals surface area contributed by atoms with Gasteiger partial charge in [0.05, 0.1) is 0 Å². The summed E-state index contributed by atoms with van der Waals surface area (Å²) in [6.07, 6.45) is 2.11. The number of methoxy groups -OCH3 is 2. The van der Waals surface area contributed by atoms with Crippen LogP contribution >= 0.6 is 22.6 Å². The third kappa shape index (κ3) is 3.71. The van der Waals surface area contributed by atoms with Gasteiger partial charge in [-0.2, -0.15) is 0 Å². The first-order valence-electron chi connectivity index (χ1n) is 5.45. The highest BCUT2D eigenvalue weighted by Crippen LogP contribution is 2.32. The molecule has 0 spiro atoms. The van der Waals surface area contributed by atoms with Crippen molar-refractivity contribution in [2.45, 2.75) is 23.6 Å². The van der Waals surface area contributed by atoms with Gasteiger partial charge in [-0.05, 0) is 41.0 Å². The van der Waals surface area contributed by atoms with Gasteiger partial charge in [0, 0.05) is 20.1 Å². The van der Waals surface area contributed by atoms with Crippen molar-refractivity contribution in [1.29, 1.82) is 0 Å². The number of aryl methyl sites for hydroxylation is 1. The molecule has 0 saturated heterocycles. The van der Waals surface area contributed by atoms with Crippen molar-refractivity contribution < 1.29 is 9.47 Å². The summed E-state index contributed by atoms with van der Waals surface area (Å²) in [7, 11) is 3.38. The Balaban J connectivity index is 2.49. The van der Waals surface area contributed by atoms with Gasteiger partial charge in [-0.15, -0.1) is 0 Å². The fourth-order valence-corrected chi connectivity index (χ4v) is 2.00. The maximum Gasteiger partial charge on any atom is 0.223 e. The molecule has 0 aromatic heterocycles. The molecule has 0 aliphatic rings. The predicted molar refractivity (Wildman–Crippen MR) is 74.7 cm³/mol. The molecule has 1 atom stereocenters. The zero-order valence-electron chi connectivity index (χ0n) is 10.1. The molecule has 0 saturated carbocycles. The number of halogens is 1. The van der Waals surface area contributed by atoms with Crippen molar-refractivity contribution in [2.75, 3.05) is 14.2 Å². The van der Waals surface area contributed by atoms with Gasteiger partial charge in [0.1, 0.15) is 0 Å². The summed E-state index contributed by atoms with van der Waals surface area (Å²) in [5.74, 6) is 0.350. The molecule has 2 nitrogen and oxygen atoms in total. The van der Waals surface area contributed by atoms with Crippen LogP contribution in [0.15, 0.2) is 30.3 Å². The van der Waals surface area contributed by atoms with Crippen molar-refractivity contribution in [3.05, 3.63) is 35.9 Å². The molecule has 1 aromatic rings. The molecule has 16 heavy (non-hydrogen) atoms. The zero-order valence-corrected chi connectivity index (χ0v) is 12.2. The summed E-state index contributed by atoms with van der Waals surface area (Å²) in [5.41, 5.74) is 1.36. The normalized spacial score (nSPS) is 13.8. The number of rotatable bonds is 6. The summed E-state index contributed by atoms with van der Waals surface area (Å²) in [4.78, 5) is 0. The quantitative estimate of drug-likeness (QED) is 0.449. The lowest BCUT2D eigenvalue weighted by Gasteiger charge is -2.30. The Morgan fingerprint density at radius 3 is 2.25 bits per heavy atom. The number of hydrogen-bond acceptors (Lipinski definition) is 2. The van der Waals surface area contributed by atoms with Crippen LogP contribution in [0.4, 0.5) is 0 Å². The maximum atomic E-state index is 5.40. The third-order valence-corrected chi connectivity index (χ3v) is 4.80. The Morgan fingerprint density at radius 1 is 1.19 bits per heavy atom. The highest BCUT2D eigenvalue weighted by atomic mass is 127. The topological polar surface area (TPSA) is 18.5 Å². The third-order valence-electron chi connectivity index (χ3n) is 2.85. The molecule has 0 radical (unpaired) electrons. The van der Waals surface area contributed by atoms with Crippen LogP contribution < -0.4 is 0 Å². The smallest absolute Gasteiger partial charge is 0.223 e. The van der Waals surface area contributed by atoms with Gasteiger partial charge in [-0.25, -0.2) is 0 Å². The van der Waals surface area contributed by atoms with E-state index in [1.165, 1.54) is 5.56 Å². The van der Waals surface area contributed by atoms with E-state index in [9.17, 15) is 0 Å². The minimum atomic E-state index is -0.507. The van der Waals surface area contributed by atoms with Crippen LogP contribution in [0.25, 0.3) is 0 Å². The molecule has 0 N–H and O–H groups in total. The lowest BCUT2D eigenvalue weighted by atomic mass is 10.0. The van der Waals surface area contributed by atoms with Gasteiger partial charge in [0.15, 0.2) is 0 Å². The largest absolute Gasteiger partial charge is 0.345 e. The molecule has 3 heteroatoms. The molecule has 1 aromatic carbocycles. The fourth-order valence-electron chi connectivity index (χ4n) is 1.69.